The number of hydrogen-bond acceptors (Lipinski definition) is 4. The number of amidine groups is 1. The number of aliphatic hydroxyl groups excluding tert-OH is 1. The first kappa shape index (κ1) is 20.1. The molecule has 0 aromatic heterocycles. The van der Waals surface area contributed by atoms with Crippen LogP contribution in [-0.4, -0.2) is 35.6 Å². The van der Waals surface area contributed by atoms with E-state index >= 15 is 0 Å². The second kappa shape index (κ2) is 8.76. The highest BCUT2D eigenvalue weighted by molar-refractivity contribution is 6.04. The van der Waals surface area contributed by atoms with E-state index in [1.807, 2.05) is 13.0 Å². The van der Waals surface area contributed by atoms with E-state index in [-0.39, 0.29) is 12.1 Å². The fraction of sp³-hybridized carbons (Fsp3) is 0.615. The summed E-state index contributed by atoms with van der Waals surface area (Å²) in [4.78, 5) is 10.1. The molecule has 0 spiro atoms. The van der Waals surface area contributed by atoms with Crippen molar-refractivity contribution in [3.63, 3.8) is 0 Å². The summed E-state index contributed by atoms with van der Waals surface area (Å²) in [5.41, 5.74) is 4.22. The molecule has 1 heterocycles. The maximum Gasteiger partial charge on any atom is 0.155 e. The second-order valence-corrected chi connectivity index (χ2v) is 9.40. The van der Waals surface area contributed by atoms with Gasteiger partial charge in [-0.05, 0) is 62.0 Å². The van der Waals surface area contributed by atoms with Crippen molar-refractivity contribution >= 4 is 11.5 Å². The third kappa shape index (κ3) is 3.80. The van der Waals surface area contributed by atoms with E-state index in [4.69, 9.17) is 14.7 Å². The minimum absolute atomic E-state index is 0.0192. The lowest BCUT2D eigenvalue weighted by Crippen LogP contribution is -2.40. The Labute approximate surface area is 180 Å². The van der Waals surface area contributed by atoms with Crippen molar-refractivity contribution in [2.45, 2.75) is 76.5 Å². The summed E-state index contributed by atoms with van der Waals surface area (Å²) in [6.45, 7) is 2.68. The van der Waals surface area contributed by atoms with Gasteiger partial charge >= 0.3 is 0 Å². The topological polar surface area (TPSA) is 54.2 Å². The Hall–Kier alpha value is -1.78. The number of benzene rings is 1. The fourth-order valence-corrected chi connectivity index (χ4v) is 6.25. The molecule has 160 valence electrons. The first-order valence-electron chi connectivity index (χ1n) is 11.9. The average Bonchev–Trinajstić information content (AvgIpc) is 2.77. The van der Waals surface area contributed by atoms with Crippen molar-refractivity contribution in [2.75, 3.05) is 6.61 Å². The van der Waals surface area contributed by atoms with Crippen LogP contribution in [0.4, 0.5) is 0 Å². The minimum Gasteiger partial charge on any atom is -0.388 e. The van der Waals surface area contributed by atoms with Crippen LogP contribution in [0.1, 0.15) is 68.9 Å². The number of fused-ring (bicyclic) bond motifs is 2. The predicted octanol–water partition coefficient (Wildman–Crippen LogP) is 5.07. The largest absolute Gasteiger partial charge is 0.388 e. The summed E-state index contributed by atoms with van der Waals surface area (Å²) in [5.74, 6) is 2.59. The van der Waals surface area contributed by atoms with Gasteiger partial charge in [-0.15, -0.1) is 0 Å². The summed E-state index contributed by atoms with van der Waals surface area (Å²) in [6, 6.07) is 9.01. The lowest BCUT2D eigenvalue weighted by Gasteiger charge is -2.44. The Morgan fingerprint density at radius 3 is 2.83 bits per heavy atom. The molecule has 1 aromatic rings. The normalized spacial score (nSPS) is 35.8. The number of aliphatic hydroxyl groups is 1. The molecule has 1 saturated carbocycles. The molecule has 1 fully saturated rings. The van der Waals surface area contributed by atoms with E-state index in [9.17, 15) is 5.11 Å². The Morgan fingerprint density at radius 2 is 1.97 bits per heavy atom. The number of aliphatic imine (C=N–C) groups is 2. The van der Waals surface area contributed by atoms with E-state index in [0.717, 1.165) is 31.0 Å². The number of ether oxygens (including phenoxy) is 1. The van der Waals surface area contributed by atoms with Crippen LogP contribution in [-0.2, 0) is 11.2 Å². The molecular weight excluding hydrogens is 372 g/mol. The molecule has 1 aromatic carbocycles. The van der Waals surface area contributed by atoms with Gasteiger partial charge in [-0.3, -0.25) is 0 Å². The number of nitrogens with zero attached hydrogens (tertiary/aromatic N) is 2. The van der Waals surface area contributed by atoms with Crippen LogP contribution < -0.4 is 0 Å². The van der Waals surface area contributed by atoms with Crippen LogP contribution in [0.2, 0.25) is 0 Å². The second-order valence-electron chi connectivity index (χ2n) is 9.40. The van der Waals surface area contributed by atoms with Gasteiger partial charge in [-0.1, -0.05) is 49.3 Å². The molecule has 0 amide bonds. The van der Waals surface area contributed by atoms with Gasteiger partial charge in [0.1, 0.15) is 5.84 Å². The summed E-state index contributed by atoms with van der Waals surface area (Å²) in [7, 11) is 0. The van der Waals surface area contributed by atoms with Crippen LogP contribution in [0, 0.1) is 17.8 Å². The van der Waals surface area contributed by atoms with E-state index in [1.54, 1.807) is 0 Å². The van der Waals surface area contributed by atoms with Crippen LogP contribution >= 0.6 is 0 Å². The zero-order valence-corrected chi connectivity index (χ0v) is 18.0. The highest BCUT2D eigenvalue weighted by Gasteiger charge is 2.42. The number of rotatable bonds is 4. The van der Waals surface area contributed by atoms with Crippen LogP contribution in [0.15, 0.2) is 46.4 Å². The van der Waals surface area contributed by atoms with Crippen molar-refractivity contribution in [1.82, 2.24) is 0 Å². The van der Waals surface area contributed by atoms with Crippen LogP contribution in [0.5, 0.6) is 0 Å². The molecule has 0 bridgehead atoms. The zero-order chi connectivity index (χ0) is 20.5. The van der Waals surface area contributed by atoms with E-state index in [1.165, 1.54) is 48.9 Å². The maximum absolute atomic E-state index is 10.6. The molecule has 1 aliphatic heterocycles. The Bertz CT molecular complexity index is 858. The Kier molecular flexibility index (Phi) is 5.88. The molecule has 1 N–H and O–H groups in total. The third-order valence-corrected chi connectivity index (χ3v) is 7.63. The predicted molar refractivity (Wildman–Crippen MR) is 121 cm³/mol. The van der Waals surface area contributed by atoms with Crippen molar-refractivity contribution in [3.8, 4) is 0 Å². The monoisotopic (exact) mass is 406 g/mol. The molecule has 6 unspecified atom stereocenters. The molecule has 4 nitrogen and oxygen atoms in total. The highest BCUT2D eigenvalue weighted by Crippen LogP contribution is 2.48. The average molecular weight is 407 g/mol. The van der Waals surface area contributed by atoms with Crippen LogP contribution in [0.25, 0.3) is 0 Å². The molecule has 0 saturated heterocycles. The minimum atomic E-state index is -0.496. The van der Waals surface area contributed by atoms with E-state index < -0.39 is 6.10 Å². The summed E-state index contributed by atoms with van der Waals surface area (Å²) in [6.07, 6.45) is 12.5. The third-order valence-electron chi connectivity index (χ3n) is 7.63. The molecule has 5 rings (SSSR count). The van der Waals surface area contributed by atoms with Gasteiger partial charge in [0.2, 0.25) is 0 Å². The molecule has 4 aliphatic rings. The lowest BCUT2D eigenvalue weighted by atomic mass is 9.61. The van der Waals surface area contributed by atoms with Gasteiger partial charge in [0.15, 0.2) is 6.23 Å². The molecule has 30 heavy (non-hydrogen) atoms. The summed E-state index contributed by atoms with van der Waals surface area (Å²) < 4.78 is 6.02. The maximum atomic E-state index is 10.6. The number of allylic oxidation sites excluding steroid dienone is 1. The molecule has 6 atom stereocenters. The van der Waals surface area contributed by atoms with Gasteiger partial charge in [-0.25, -0.2) is 9.98 Å². The van der Waals surface area contributed by atoms with E-state index in [2.05, 4.69) is 30.3 Å². The molecular formula is C26H34N2O2. The van der Waals surface area contributed by atoms with Gasteiger partial charge in [0.25, 0.3) is 0 Å². The van der Waals surface area contributed by atoms with Crippen LogP contribution in [0.3, 0.4) is 0 Å². The number of hydrogen-bond donors (Lipinski definition) is 1. The fourth-order valence-electron chi connectivity index (χ4n) is 6.25. The zero-order valence-electron chi connectivity index (χ0n) is 18.0. The SMILES string of the molecule is CCOC1CC(C2c3ccccc3CC3CCCCC32)=NC(C2CCC=CC2O)=N1. The van der Waals surface area contributed by atoms with Gasteiger partial charge in [-0.2, -0.15) is 0 Å². The van der Waals surface area contributed by atoms with Crippen molar-refractivity contribution < 1.29 is 9.84 Å². The summed E-state index contributed by atoms with van der Waals surface area (Å²) in [5, 5.41) is 10.6. The highest BCUT2D eigenvalue weighted by atomic mass is 16.5. The summed E-state index contributed by atoms with van der Waals surface area (Å²) >= 11 is 0. The van der Waals surface area contributed by atoms with Crippen molar-refractivity contribution in [2.24, 2.45) is 27.7 Å². The van der Waals surface area contributed by atoms with Crippen molar-refractivity contribution in [1.29, 1.82) is 0 Å². The first-order chi connectivity index (χ1) is 14.7. The molecule has 4 heteroatoms. The van der Waals surface area contributed by atoms with Gasteiger partial charge in [0.05, 0.1) is 6.10 Å². The van der Waals surface area contributed by atoms with Gasteiger partial charge < -0.3 is 9.84 Å². The standard InChI is InChI=1S/C26H34N2O2/c1-2-30-24-16-22(27-26(28-24)21-13-7-8-14-23(21)29)25-19-11-5-3-9-17(19)15-18-10-4-6-12-20(18)25/h3,5,8-9,11,14,18,20-21,23-25,29H,2,4,6-7,10,12-13,15-16H2,1H3. The molecule has 3 aliphatic carbocycles. The molecule has 0 radical (unpaired) electrons. The lowest BCUT2D eigenvalue weighted by molar-refractivity contribution is 0.0711. The first-order valence-corrected chi connectivity index (χ1v) is 11.9. The quantitative estimate of drug-likeness (QED) is 0.710. The van der Waals surface area contributed by atoms with Gasteiger partial charge in [0, 0.05) is 30.6 Å². The Balaban J connectivity index is 1.55. The van der Waals surface area contributed by atoms with E-state index in [0.29, 0.717) is 18.4 Å². The Morgan fingerprint density at radius 1 is 1.10 bits per heavy atom. The smallest absolute Gasteiger partial charge is 0.155 e. The van der Waals surface area contributed by atoms with Crippen molar-refractivity contribution in [3.05, 3.63) is 47.5 Å².